The second-order valence-corrected chi connectivity index (χ2v) is 2.53. The average Bonchev–Trinajstić information content (AvgIpc) is 2.01. The lowest BCUT2D eigenvalue weighted by Crippen LogP contribution is -1.69. The molecule has 0 N–H and O–H groups in total. The van der Waals surface area contributed by atoms with E-state index in [1.54, 1.807) is 19.1 Å². The van der Waals surface area contributed by atoms with Gasteiger partial charge in [-0.1, -0.05) is 6.08 Å². The van der Waals surface area contributed by atoms with Crippen LogP contribution in [0.15, 0.2) is 22.6 Å². The molecule has 0 unspecified atom stereocenters. The minimum Gasteiger partial charge on any atom is -0.198 e. The number of nitrogens with zero attached hydrogens (tertiary/aromatic N) is 2. The number of nitriles is 2. The summed E-state index contributed by atoms with van der Waals surface area (Å²) >= 11 is 4.01. The zero-order chi connectivity index (χ0) is 8.69. The Labute approximate surface area is 71.9 Å². The molecule has 0 aromatic rings. The first-order chi connectivity index (χ1) is 5.20. The molecule has 0 spiro atoms. The van der Waals surface area contributed by atoms with E-state index in [0.717, 1.165) is 0 Å². The van der Waals surface area contributed by atoms with Crippen molar-refractivity contribution in [1.82, 2.24) is 0 Å². The molecule has 0 aromatic heterocycles. The van der Waals surface area contributed by atoms with Crippen LogP contribution >= 0.6 is 12.6 Å². The second kappa shape index (κ2) is 5.58. The van der Waals surface area contributed by atoms with Crippen LogP contribution in [0, 0.1) is 22.7 Å². The Bertz CT molecular complexity index is 263. The maximum absolute atomic E-state index is 8.34. The molecule has 0 rings (SSSR count). The van der Waals surface area contributed by atoms with Gasteiger partial charge in [0.1, 0.15) is 0 Å². The van der Waals surface area contributed by atoms with Crippen LogP contribution in [0.5, 0.6) is 0 Å². The predicted octanol–water partition coefficient (Wildman–Crippen LogP) is 2.18. The van der Waals surface area contributed by atoms with Crippen molar-refractivity contribution in [3.8, 4) is 12.1 Å². The average molecular weight is 164 g/mol. The summed E-state index contributed by atoms with van der Waals surface area (Å²) in [7, 11) is 0. The third-order valence-corrected chi connectivity index (χ3v) is 1.27. The first-order valence-electron chi connectivity index (χ1n) is 3.04. The van der Waals surface area contributed by atoms with Crippen molar-refractivity contribution in [2.24, 2.45) is 0 Å². The van der Waals surface area contributed by atoms with Crippen LogP contribution in [0.2, 0.25) is 0 Å². The maximum Gasteiger partial charge on any atom is 0.0944 e. The topological polar surface area (TPSA) is 47.6 Å². The van der Waals surface area contributed by atoms with Gasteiger partial charge in [-0.05, 0) is 17.9 Å². The fourth-order valence-electron chi connectivity index (χ4n) is 0.398. The Balaban J connectivity index is 4.16. The molecule has 11 heavy (non-hydrogen) atoms. The van der Waals surface area contributed by atoms with Gasteiger partial charge in [-0.2, -0.15) is 10.5 Å². The molecule has 0 heterocycles. The summed E-state index contributed by atoms with van der Waals surface area (Å²) in [5.41, 5.74) is 0.606. The zero-order valence-electron chi connectivity index (χ0n) is 6.20. The minimum absolute atomic E-state index is 0.290. The maximum atomic E-state index is 8.34. The van der Waals surface area contributed by atoms with E-state index in [-0.39, 0.29) is 6.42 Å². The highest BCUT2D eigenvalue weighted by Crippen LogP contribution is 2.05. The fraction of sp³-hybridized carbons (Fsp3) is 0.250. The Morgan fingerprint density at radius 1 is 1.45 bits per heavy atom. The largest absolute Gasteiger partial charge is 0.198 e. The molecule has 0 atom stereocenters. The molecule has 0 bridgehead atoms. The molecular weight excluding hydrogens is 156 g/mol. The molecular formula is C8H8N2S. The normalized spacial score (nSPS) is 12.0. The SMILES string of the molecule is C/C(C#N)=C\C=C(/S)CC#N. The van der Waals surface area contributed by atoms with Gasteiger partial charge in [0.05, 0.1) is 18.6 Å². The Hall–Kier alpha value is -1.19. The molecule has 0 aliphatic rings. The number of rotatable bonds is 2. The molecule has 0 aromatic carbocycles. The first kappa shape index (κ1) is 9.81. The van der Waals surface area contributed by atoms with Gasteiger partial charge >= 0.3 is 0 Å². The van der Waals surface area contributed by atoms with Crippen molar-refractivity contribution < 1.29 is 0 Å². The van der Waals surface area contributed by atoms with Gasteiger partial charge in [0.15, 0.2) is 0 Å². The molecule has 0 aliphatic heterocycles. The van der Waals surface area contributed by atoms with Crippen molar-refractivity contribution >= 4 is 12.6 Å². The van der Waals surface area contributed by atoms with Crippen molar-refractivity contribution in [3.05, 3.63) is 22.6 Å². The standard InChI is InChI=1S/C8H8N2S/c1-7(6-10)2-3-8(11)4-5-9/h2-3,11H,4H2,1H3/b7-2+,8-3-. The lowest BCUT2D eigenvalue weighted by atomic mass is 10.3. The number of hydrogen-bond acceptors (Lipinski definition) is 3. The minimum atomic E-state index is 0.290. The van der Waals surface area contributed by atoms with E-state index < -0.39 is 0 Å². The number of thiol groups is 1. The van der Waals surface area contributed by atoms with E-state index >= 15 is 0 Å². The predicted molar refractivity (Wildman–Crippen MR) is 46.7 cm³/mol. The quantitative estimate of drug-likeness (QED) is 0.386. The van der Waals surface area contributed by atoms with E-state index in [1.165, 1.54) is 0 Å². The van der Waals surface area contributed by atoms with Crippen LogP contribution in [0.4, 0.5) is 0 Å². The summed E-state index contributed by atoms with van der Waals surface area (Å²) < 4.78 is 0. The molecule has 56 valence electrons. The van der Waals surface area contributed by atoms with Gasteiger partial charge in [0, 0.05) is 5.57 Å². The summed E-state index contributed by atoms with van der Waals surface area (Å²) in [5, 5.41) is 16.6. The fourth-order valence-corrected chi connectivity index (χ4v) is 0.544. The molecule has 0 fully saturated rings. The summed E-state index contributed by atoms with van der Waals surface area (Å²) in [5.74, 6) is 0. The zero-order valence-corrected chi connectivity index (χ0v) is 7.10. The van der Waals surface area contributed by atoms with Crippen molar-refractivity contribution in [1.29, 1.82) is 10.5 Å². The lowest BCUT2D eigenvalue weighted by Gasteiger charge is -1.86. The summed E-state index contributed by atoms with van der Waals surface area (Å²) in [6.45, 7) is 1.70. The molecule has 0 aliphatic carbocycles. The van der Waals surface area contributed by atoms with E-state index in [9.17, 15) is 0 Å². The summed E-state index contributed by atoms with van der Waals surface area (Å²) in [6, 6.07) is 3.91. The molecule has 0 saturated heterocycles. The van der Waals surface area contributed by atoms with Gasteiger partial charge in [0.2, 0.25) is 0 Å². The molecule has 3 heteroatoms. The van der Waals surface area contributed by atoms with Crippen LogP contribution in [0.3, 0.4) is 0 Å². The number of hydrogen-bond donors (Lipinski definition) is 1. The molecule has 2 nitrogen and oxygen atoms in total. The number of allylic oxidation sites excluding steroid dienone is 4. The van der Waals surface area contributed by atoms with Crippen molar-refractivity contribution in [3.63, 3.8) is 0 Å². The van der Waals surface area contributed by atoms with Gasteiger partial charge in [-0.25, -0.2) is 0 Å². The van der Waals surface area contributed by atoms with Gasteiger partial charge < -0.3 is 0 Å². The monoisotopic (exact) mass is 164 g/mol. The third kappa shape index (κ3) is 5.26. The summed E-state index contributed by atoms with van der Waals surface area (Å²) in [4.78, 5) is 0.669. The van der Waals surface area contributed by atoms with Gasteiger partial charge in [-0.15, -0.1) is 12.6 Å². The van der Waals surface area contributed by atoms with Crippen LogP contribution in [-0.4, -0.2) is 0 Å². The Kier molecular flexibility index (Phi) is 4.98. The Morgan fingerprint density at radius 2 is 2.09 bits per heavy atom. The lowest BCUT2D eigenvalue weighted by molar-refractivity contribution is 1.33. The van der Waals surface area contributed by atoms with Crippen LogP contribution < -0.4 is 0 Å². The highest BCUT2D eigenvalue weighted by atomic mass is 32.1. The van der Waals surface area contributed by atoms with Crippen LogP contribution in [-0.2, 0) is 0 Å². The summed E-state index contributed by atoms with van der Waals surface area (Å²) in [6.07, 6.45) is 3.59. The van der Waals surface area contributed by atoms with Crippen molar-refractivity contribution in [2.45, 2.75) is 13.3 Å². The van der Waals surface area contributed by atoms with E-state index in [0.29, 0.717) is 10.5 Å². The highest BCUT2D eigenvalue weighted by Gasteiger charge is 1.85. The third-order valence-electron chi connectivity index (χ3n) is 0.962. The second-order valence-electron chi connectivity index (χ2n) is 1.95. The molecule has 0 radical (unpaired) electrons. The van der Waals surface area contributed by atoms with Gasteiger partial charge in [-0.3, -0.25) is 0 Å². The van der Waals surface area contributed by atoms with E-state index in [4.69, 9.17) is 10.5 Å². The smallest absolute Gasteiger partial charge is 0.0944 e. The molecule has 0 saturated carbocycles. The first-order valence-corrected chi connectivity index (χ1v) is 3.49. The highest BCUT2D eigenvalue weighted by molar-refractivity contribution is 7.84. The van der Waals surface area contributed by atoms with E-state index in [1.807, 2.05) is 12.1 Å². The molecule has 0 amide bonds. The van der Waals surface area contributed by atoms with Crippen LogP contribution in [0.25, 0.3) is 0 Å². The van der Waals surface area contributed by atoms with E-state index in [2.05, 4.69) is 12.6 Å². The van der Waals surface area contributed by atoms with Crippen molar-refractivity contribution in [2.75, 3.05) is 0 Å². The van der Waals surface area contributed by atoms with Crippen LogP contribution in [0.1, 0.15) is 13.3 Å². The van der Waals surface area contributed by atoms with Gasteiger partial charge in [0.25, 0.3) is 0 Å². The Morgan fingerprint density at radius 3 is 2.55 bits per heavy atom.